The average molecular weight is 418 g/mol. The number of hydrogen-bond acceptors (Lipinski definition) is 3. The van der Waals surface area contributed by atoms with Crippen molar-refractivity contribution in [2.75, 3.05) is 26.7 Å². The van der Waals surface area contributed by atoms with E-state index in [-0.39, 0.29) is 6.10 Å². The monoisotopic (exact) mass is 417 g/mol. The number of ether oxygens (including phenoxy) is 1. The topological polar surface area (TPSA) is 54.7 Å². The smallest absolute Gasteiger partial charge is 0.194 e. The Labute approximate surface area is 184 Å². The van der Waals surface area contributed by atoms with Crippen LogP contribution in [0.2, 0.25) is 0 Å². The Hall–Kier alpha value is -3.12. The zero-order valence-electron chi connectivity index (χ0n) is 18.6. The summed E-state index contributed by atoms with van der Waals surface area (Å²) in [6.45, 7) is 8.06. The van der Waals surface area contributed by atoms with Gasteiger partial charge in [0.1, 0.15) is 11.9 Å². The fraction of sp³-hybridized carbons (Fsp3) is 0.360. The molecule has 1 aromatic heterocycles. The molecule has 4 rings (SSSR count). The molecule has 31 heavy (non-hydrogen) atoms. The summed E-state index contributed by atoms with van der Waals surface area (Å²) in [6, 6.07) is 17.1. The maximum Gasteiger partial charge on any atom is 0.194 e. The number of guanidine groups is 1. The van der Waals surface area contributed by atoms with E-state index in [4.69, 9.17) is 4.74 Å². The van der Waals surface area contributed by atoms with Crippen LogP contribution in [0.5, 0.6) is 0 Å². The van der Waals surface area contributed by atoms with Gasteiger partial charge in [0, 0.05) is 39.1 Å². The van der Waals surface area contributed by atoms with Gasteiger partial charge < -0.3 is 19.5 Å². The van der Waals surface area contributed by atoms with Gasteiger partial charge in [-0.25, -0.2) is 4.98 Å². The summed E-state index contributed by atoms with van der Waals surface area (Å²) in [5.74, 6) is 1.94. The summed E-state index contributed by atoms with van der Waals surface area (Å²) in [4.78, 5) is 11.1. The maximum atomic E-state index is 6.08. The first kappa shape index (κ1) is 21.1. The minimum Gasteiger partial charge on any atom is -0.370 e. The highest BCUT2D eigenvalue weighted by molar-refractivity contribution is 5.80. The Morgan fingerprint density at radius 3 is 2.77 bits per heavy atom. The Morgan fingerprint density at radius 2 is 2.00 bits per heavy atom. The van der Waals surface area contributed by atoms with Crippen LogP contribution in [0, 0.1) is 13.8 Å². The van der Waals surface area contributed by atoms with Gasteiger partial charge in [0.05, 0.1) is 13.2 Å². The van der Waals surface area contributed by atoms with Gasteiger partial charge in [-0.15, -0.1) is 0 Å². The lowest BCUT2D eigenvalue weighted by Gasteiger charge is -2.35. The number of rotatable bonds is 5. The van der Waals surface area contributed by atoms with Gasteiger partial charge in [0.25, 0.3) is 0 Å². The second-order valence-corrected chi connectivity index (χ2v) is 7.99. The minimum absolute atomic E-state index is 0.0650. The van der Waals surface area contributed by atoms with Crippen molar-refractivity contribution in [3.8, 4) is 0 Å². The standard InChI is InChI=1S/C25H31N5O/c1-19-7-4-5-10-23(19)24-18-30(13-14-31-24)25(26-3)28-16-21-8-6-9-22(15-21)17-29-12-11-27-20(29)2/h4-12,15,24H,13-14,16-18H2,1-3H3,(H,26,28). The molecule has 1 N–H and O–H groups in total. The number of benzene rings is 2. The predicted octanol–water partition coefficient (Wildman–Crippen LogP) is 3.70. The fourth-order valence-electron chi connectivity index (χ4n) is 4.10. The van der Waals surface area contributed by atoms with Crippen LogP contribution in [0.15, 0.2) is 65.9 Å². The van der Waals surface area contributed by atoms with E-state index in [1.807, 2.05) is 26.4 Å². The van der Waals surface area contributed by atoms with E-state index >= 15 is 0 Å². The van der Waals surface area contributed by atoms with Crippen molar-refractivity contribution in [2.45, 2.75) is 33.0 Å². The van der Waals surface area contributed by atoms with Gasteiger partial charge in [-0.2, -0.15) is 0 Å². The van der Waals surface area contributed by atoms with E-state index in [9.17, 15) is 0 Å². The van der Waals surface area contributed by atoms with E-state index < -0.39 is 0 Å². The van der Waals surface area contributed by atoms with Crippen LogP contribution < -0.4 is 5.32 Å². The van der Waals surface area contributed by atoms with Crippen LogP contribution >= 0.6 is 0 Å². The van der Waals surface area contributed by atoms with E-state index in [0.29, 0.717) is 6.61 Å². The van der Waals surface area contributed by atoms with Crippen LogP contribution in [0.4, 0.5) is 0 Å². The van der Waals surface area contributed by atoms with Gasteiger partial charge in [-0.05, 0) is 36.1 Å². The number of imidazole rings is 1. The third kappa shape index (κ3) is 5.14. The van der Waals surface area contributed by atoms with Crippen LogP contribution in [0.1, 0.15) is 34.2 Å². The molecule has 1 atom stereocenters. The Balaban J connectivity index is 1.39. The number of nitrogens with one attached hydrogen (secondary N) is 1. The fourth-order valence-corrected chi connectivity index (χ4v) is 4.10. The van der Waals surface area contributed by atoms with Gasteiger partial charge in [0.15, 0.2) is 5.96 Å². The summed E-state index contributed by atoms with van der Waals surface area (Å²) in [5, 5.41) is 3.54. The molecule has 0 saturated carbocycles. The number of morpholine rings is 1. The molecule has 2 aromatic carbocycles. The molecular weight excluding hydrogens is 386 g/mol. The highest BCUT2D eigenvalue weighted by Crippen LogP contribution is 2.25. The summed E-state index contributed by atoms with van der Waals surface area (Å²) in [6.07, 6.45) is 3.93. The van der Waals surface area contributed by atoms with Crippen molar-refractivity contribution >= 4 is 5.96 Å². The molecule has 162 valence electrons. The highest BCUT2D eigenvalue weighted by Gasteiger charge is 2.25. The molecule has 0 amide bonds. The molecule has 2 heterocycles. The SMILES string of the molecule is CN=C(NCc1cccc(Cn2ccnc2C)c1)N1CCOC(c2ccccc2C)C1. The number of aromatic nitrogens is 2. The predicted molar refractivity (Wildman–Crippen MR) is 124 cm³/mol. The lowest BCUT2D eigenvalue weighted by Crippen LogP contribution is -2.48. The van der Waals surface area contributed by atoms with Crippen molar-refractivity contribution in [2.24, 2.45) is 4.99 Å². The molecule has 1 aliphatic heterocycles. The zero-order chi connectivity index (χ0) is 21.6. The van der Waals surface area contributed by atoms with Crippen molar-refractivity contribution in [1.29, 1.82) is 0 Å². The van der Waals surface area contributed by atoms with Crippen LogP contribution in [0.3, 0.4) is 0 Å². The summed E-state index contributed by atoms with van der Waals surface area (Å²) >= 11 is 0. The number of aliphatic imine (C=N–C) groups is 1. The molecule has 0 aliphatic carbocycles. The molecule has 1 unspecified atom stereocenters. The first-order valence-electron chi connectivity index (χ1n) is 10.8. The maximum absolute atomic E-state index is 6.08. The second-order valence-electron chi connectivity index (χ2n) is 7.99. The molecule has 3 aromatic rings. The third-order valence-corrected chi connectivity index (χ3v) is 5.83. The van der Waals surface area contributed by atoms with Crippen LogP contribution in [0.25, 0.3) is 0 Å². The van der Waals surface area contributed by atoms with Crippen molar-refractivity contribution < 1.29 is 4.74 Å². The Morgan fingerprint density at radius 1 is 1.16 bits per heavy atom. The van der Waals surface area contributed by atoms with Crippen LogP contribution in [-0.4, -0.2) is 47.2 Å². The molecule has 0 bridgehead atoms. The molecule has 6 heteroatoms. The van der Waals surface area contributed by atoms with E-state index in [2.05, 4.69) is 80.2 Å². The molecular formula is C25H31N5O. The third-order valence-electron chi connectivity index (χ3n) is 5.83. The number of aryl methyl sites for hydroxylation is 2. The minimum atomic E-state index is 0.0650. The van der Waals surface area contributed by atoms with Crippen LogP contribution in [-0.2, 0) is 17.8 Å². The normalized spacial score (nSPS) is 17.1. The lowest BCUT2D eigenvalue weighted by atomic mass is 10.0. The van der Waals surface area contributed by atoms with E-state index in [1.54, 1.807) is 0 Å². The zero-order valence-corrected chi connectivity index (χ0v) is 18.6. The molecule has 0 spiro atoms. The van der Waals surface area contributed by atoms with Gasteiger partial charge in [0.2, 0.25) is 0 Å². The Kier molecular flexibility index (Phi) is 6.67. The average Bonchev–Trinajstić information content (AvgIpc) is 3.19. The molecule has 6 nitrogen and oxygen atoms in total. The summed E-state index contributed by atoms with van der Waals surface area (Å²) in [7, 11) is 1.85. The molecule has 1 aliphatic rings. The quantitative estimate of drug-likeness (QED) is 0.508. The molecule has 0 radical (unpaired) electrons. The van der Waals surface area contributed by atoms with Gasteiger partial charge in [-0.1, -0.05) is 48.5 Å². The summed E-state index contributed by atoms with van der Waals surface area (Å²) < 4.78 is 8.23. The Bertz CT molecular complexity index is 1040. The number of nitrogens with zero attached hydrogens (tertiary/aromatic N) is 4. The first-order chi connectivity index (χ1) is 15.1. The molecule has 1 saturated heterocycles. The van der Waals surface area contributed by atoms with Gasteiger partial charge >= 0.3 is 0 Å². The van der Waals surface area contributed by atoms with Crippen molar-refractivity contribution in [3.05, 3.63) is 89.0 Å². The van der Waals surface area contributed by atoms with E-state index in [0.717, 1.165) is 38.0 Å². The summed E-state index contributed by atoms with van der Waals surface area (Å²) in [5.41, 5.74) is 5.02. The van der Waals surface area contributed by atoms with E-state index in [1.165, 1.54) is 22.3 Å². The van der Waals surface area contributed by atoms with Crippen molar-refractivity contribution in [3.63, 3.8) is 0 Å². The van der Waals surface area contributed by atoms with Crippen molar-refractivity contribution in [1.82, 2.24) is 19.8 Å². The molecule has 1 fully saturated rings. The second kappa shape index (κ2) is 9.79. The lowest BCUT2D eigenvalue weighted by molar-refractivity contribution is -0.00833. The number of hydrogen-bond donors (Lipinski definition) is 1. The van der Waals surface area contributed by atoms with Gasteiger partial charge in [-0.3, -0.25) is 4.99 Å². The highest BCUT2D eigenvalue weighted by atomic mass is 16.5. The first-order valence-corrected chi connectivity index (χ1v) is 10.8. The largest absolute Gasteiger partial charge is 0.370 e.